The zero-order valence-electron chi connectivity index (χ0n) is 17.2. The van der Waals surface area contributed by atoms with Crippen LogP contribution in [0.15, 0.2) is 24.3 Å². The number of ether oxygens (including phenoxy) is 1. The lowest BCUT2D eigenvalue weighted by Gasteiger charge is -2.31. The molecule has 7 nitrogen and oxygen atoms in total. The molecule has 0 bridgehead atoms. The Kier molecular flexibility index (Phi) is 7.22. The van der Waals surface area contributed by atoms with Crippen LogP contribution in [-0.4, -0.2) is 47.9 Å². The molecular formula is C21H28N4O3S. The molecule has 1 saturated heterocycles. The zero-order chi connectivity index (χ0) is 20.8. The Morgan fingerprint density at radius 3 is 2.66 bits per heavy atom. The molecule has 0 spiro atoms. The predicted molar refractivity (Wildman–Crippen MR) is 116 cm³/mol. The van der Waals surface area contributed by atoms with Crippen molar-refractivity contribution in [3.8, 4) is 5.75 Å². The number of thiazole rings is 1. The number of aromatic nitrogens is 1. The number of aryl methyl sites for hydroxylation is 2. The lowest BCUT2D eigenvalue weighted by molar-refractivity contribution is -0.123. The second-order valence-electron chi connectivity index (χ2n) is 7.23. The van der Waals surface area contributed by atoms with Gasteiger partial charge in [-0.15, -0.1) is 11.3 Å². The first kappa shape index (κ1) is 21.3. The van der Waals surface area contributed by atoms with Crippen LogP contribution < -0.4 is 15.4 Å². The minimum atomic E-state index is -0.132. The van der Waals surface area contributed by atoms with Crippen molar-refractivity contribution in [2.45, 2.75) is 33.6 Å². The Hall–Kier alpha value is -2.45. The molecule has 0 radical (unpaired) electrons. The Labute approximate surface area is 175 Å². The number of benzene rings is 1. The maximum Gasteiger partial charge on any atom is 0.240 e. The quantitative estimate of drug-likeness (QED) is 0.722. The summed E-state index contributed by atoms with van der Waals surface area (Å²) in [4.78, 5) is 32.5. The minimum Gasteiger partial charge on any atom is -0.494 e. The number of rotatable bonds is 7. The normalized spacial score (nSPS) is 17.0. The highest BCUT2D eigenvalue weighted by Crippen LogP contribution is 2.22. The van der Waals surface area contributed by atoms with E-state index in [-0.39, 0.29) is 24.3 Å². The number of nitrogens with one attached hydrogen (secondary N) is 2. The van der Waals surface area contributed by atoms with Crippen LogP contribution in [0, 0.1) is 19.8 Å². The zero-order valence-corrected chi connectivity index (χ0v) is 18.0. The van der Waals surface area contributed by atoms with E-state index in [1.165, 1.54) is 11.3 Å². The van der Waals surface area contributed by atoms with Crippen molar-refractivity contribution in [2.75, 3.05) is 36.9 Å². The Balaban J connectivity index is 1.50. The topological polar surface area (TPSA) is 83.6 Å². The van der Waals surface area contributed by atoms with Crippen LogP contribution in [0.25, 0.3) is 0 Å². The summed E-state index contributed by atoms with van der Waals surface area (Å²) >= 11 is 1.48. The third kappa shape index (κ3) is 6.01. The van der Waals surface area contributed by atoms with E-state index in [4.69, 9.17) is 4.74 Å². The van der Waals surface area contributed by atoms with E-state index in [2.05, 4.69) is 15.6 Å². The maximum atomic E-state index is 12.7. The van der Waals surface area contributed by atoms with Gasteiger partial charge < -0.3 is 15.4 Å². The van der Waals surface area contributed by atoms with Gasteiger partial charge in [0.1, 0.15) is 5.75 Å². The van der Waals surface area contributed by atoms with Crippen LogP contribution in [0.2, 0.25) is 0 Å². The number of piperidine rings is 1. The van der Waals surface area contributed by atoms with Gasteiger partial charge in [0.15, 0.2) is 5.13 Å². The first-order valence-electron chi connectivity index (χ1n) is 9.94. The van der Waals surface area contributed by atoms with Crippen LogP contribution in [0.5, 0.6) is 5.75 Å². The second kappa shape index (κ2) is 9.84. The van der Waals surface area contributed by atoms with Crippen molar-refractivity contribution < 1.29 is 14.3 Å². The van der Waals surface area contributed by atoms with Crippen molar-refractivity contribution in [2.24, 2.45) is 5.92 Å². The summed E-state index contributed by atoms with van der Waals surface area (Å²) in [6.45, 7) is 8.12. The van der Waals surface area contributed by atoms with E-state index in [9.17, 15) is 9.59 Å². The molecule has 0 aliphatic carbocycles. The lowest BCUT2D eigenvalue weighted by atomic mass is 9.97. The van der Waals surface area contributed by atoms with Gasteiger partial charge in [0.05, 0.1) is 24.8 Å². The van der Waals surface area contributed by atoms with Gasteiger partial charge in [0.2, 0.25) is 11.8 Å². The summed E-state index contributed by atoms with van der Waals surface area (Å²) in [7, 11) is 0. The van der Waals surface area contributed by atoms with Crippen LogP contribution in [0.3, 0.4) is 0 Å². The summed E-state index contributed by atoms with van der Waals surface area (Å²) in [5, 5.41) is 6.47. The van der Waals surface area contributed by atoms with Crippen molar-refractivity contribution in [1.82, 2.24) is 9.88 Å². The van der Waals surface area contributed by atoms with E-state index in [1.807, 2.05) is 49.9 Å². The van der Waals surface area contributed by atoms with Crippen molar-refractivity contribution in [1.29, 1.82) is 0 Å². The van der Waals surface area contributed by atoms with Crippen LogP contribution in [0.1, 0.15) is 30.3 Å². The summed E-state index contributed by atoms with van der Waals surface area (Å²) in [6.07, 6.45) is 1.72. The fourth-order valence-electron chi connectivity index (χ4n) is 3.35. The molecular weight excluding hydrogens is 388 g/mol. The van der Waals surface area contributed by atoms with E-state index in [1.54, 1.807) is 0 Å². The number of hydrogen-bond acceptors (Lipinski definition) is 6. The molecule has 1 atom stereocenters. The van der Waals surface area contributed by atoms with Gasteiger partial charge in [0.25, 0.3) is 0 Å². The largest absolute Gasteiger partial charge is 0.494 e. The highest BCUT2D eigenvalue weighted by atomic mass is 32.1. The standard InChI is InChI=1S/C21H28N4O3S/c1-4-28-18-9-7-17(8-10-18)23-20(27)16-6-5-11-25(12-16)13-19(26)24-21-22-14(2)15(3)29-21/h7-10,16H,4-6,11-13H2,1-3H3,(H,23,27)(H,22,24,26). The maximum absolute atomic E-state index is 12.7. The molecule has 1 aromatic heterocycles. The lowest BCUT2D eigenvalue weighted by Crippen LogP contribution is -2.43. The second-order valence-corrected chi connectivity index (χ2v) is 8.43. The molecule has 1 aliphatic heterocycles. The molecule has 156 valence electrons. The smallest absolute Gasteiger partial charge is 0.240 e. The molecule has 2 aromatic rings. The molecule has 3 rings (SSSR count). The number of hydrogen-bond donors (Lipinski definition) is 2. The molecule has 2 heterocycles. The number of likely N-dealkylation sites (tertiary alicyclic amines) is 1. The molecule has 2 N–H and O–H groups in total. The number of anilines is 2. The van der Waals surface area contributed by atoms with E-state index in [0.29, 0.717) is 18.3 Å². The third-order valence-corrected chi connectivity index (χ3v) is 5.94. The molecule has 0 saturated carbocycles. The predicted octanol–water partition coefficient (Wildman–Crippen LogP) is 3.45. The average Bonchev–Trinajstić information content (AvgIpc) is 3.00. The van der Waals surface area contributed by atoms with Gasteiger partial charge in [-0.25, -0.2) is 4.98 Å². The van der Waals surface area contributed by atoms with E-state index in [0.717, 1.165) is 41.4 Å². The van der Waals surface area contributed by atoms with Crippen LogP contribution in [-0.2, 0) is 9.59 Å². The Morgan fingerprint density at radius 1 is 1.24 bits per heavy atom. The first-order chi connectivity index (χ1) is 13.9. The molecule has 1 aliphatic rings. The molecule has 29 heavy (non-hydrogen) atoms. The Bertz CT molecular complexity index is 831. The minimum absolute atomic E-state index is 0.00885. The van der Waals surface area contributed by atoms with Gasteiger partial charge in [-0.05, 0) is 64.4 Å². The third-order valence-electron chi connectivity index (χ3n) is 4.95. The molecule has 2 amide bonds. The number of carbonyl (C=O) groups excluding carboxylic acids is 2. The highest BCUT2D eigenvalue weighted by molar-refractivity contribution is 7.15. The van der Waals surface area contributed by atoms with Gasteiger partial charge in [-0.1, -0.05) is 0 Å². The van der Waals surface area contributed by atoms with E-state index >= 15 is 0 Å². The number of nitrogens with zero attached hydrogens (tertiary/aromatic N) is 2. The fraction of sp³-hybridized carbons (Fsp3) is 0.476. The monoisotopic (exact) mass is 416 g/mol. The molecule has 1 unspecified atom stereocenters. The summed E-state index contributed by atoms with van der Waals surface area (Å²) < 4.78 is 5.42. The first-order valence-corrected chi connectivity index (χ1v) is 10.8. The SMILES string of the molecule is CCOc1ccc(NC(=O)C2CCCN(CC(=O)Nc3nc(C)c(C)s3)C2)cc1. The Morgan fingerprint density at radius 2 is 2.00 bits per heavy atom. The van der Waals surface area contributed by atoms with Crippen LogP contribution in [0.4, 0.5) is 10.8 Å². The van der Waals surface area contributed by atoms with Gasteiger partial charge in [-0.3, -0.25) is 14.5 Å². The van der Waals surface area contributed by atoms with Gasteiger partial charge in [-0.2, -0.15) is 0 Å². The summed E-state index contributed by atoms with van der Waals surface area (Å²) in [5.74, 6) is 0.551. The molecule has 1 aromatic carbocycles. The van der Waals surface area contributed by atoms with Crippen molar-refractivity contribution in [3.05, 3.63) is 34.8 Å². The van der Waals surface area contributed by atoms with E-state index < -0.39 is 0 Å². The van der Waals surface area contributed by atoms with Crippen LogP contribution >= 0.6 is 11.3 Å². The fourth-order valence-corrected chi connectivity index (χ4v) is 4.18. The molecule has 8 heteroatoms. The summed E-state index contributed by atoms with van der Waals surface area (Å²) in [6, 6.07) is 7.38. The van der Waals surface area contributed by atoms with Crippen molar-refractivity contribution >= 4 is 34.0 Å². The molecule has 1 fully saturated rings. The van der Waals surface area contributed by atoms with Gasteiger partial charge >= 0.3 is 0 Å². The number of carbonyl (C=O) groups is 2. The van der Waals surface area contributed by atoms with Crippen molar-refractivity contribution in [3.63, 3.8) is 0 Å². The number of amides is 2. The summed E-state index contributed by atoms with van der Waals surface area (Å²) in [5.41, 5.74) is 1.69. The highest BCUT2D eigenvalue weighted by Gasteiger charge is 2.27. The van der Waals surface area contributed by atoms with Gasteiger partial charge in [0, 0.05) is 17.1 Å². The average molecular weight is 417 g/mol.